The van der Waals surface area contributed by atoms with Gasteiger partial charge in [0.15, 0.2) is 0 Å². The van der Waals surface area contributed by atoms with Crippen LogP contribution in [0.3, 0.4) is 0 Å². The van der Waals surface area contributed by atoms with Crippen molar-refractivity contribution in [3.63, 3.8) is 0 Å². The fourth-order valence-electron chi connectivity index (χ4n) is 1.30. The number of nitrogens with zero attached hydrogens (tertiary/aromatic N) is 1. The predicted octanol–water partition coefficient (Wildman–Crippen LogP) is 1.43. The molecule has 10 heavy (non-hydrogen) atoms. The zero-order valence-electron chi connectivity index (χ0n) is 5.75. The molecule has 0 amide bonds. The Kier molecular flexibility index (Phi) is 1.31. The summed E-state index contributed by atoms with van der Waals surface area (Å²) in [6.45, 7) is 0. The maximum atomic E-state index is 4.25. The van der Waals surface area contributed by atoms with E-state index in [-0.39, 0.29) is 0 Å². The number of amidine groups is 1. The first-order chi connectivity index (χ1) is 4.97. The van der Waals surface area contributed by atoms with Crippen molar-refractivity contribution in [2.75, 3.05) is 0 Å². The summed E-state index contributed by atoms with van der Waals surface area (Å²) in [6.07, 6.45) is 10.5. The topological polar surface area (TPSA) is 24.4 Å². The third kappa shape index (κ3) is 0.856. The van der Waals surface area contributed by atoms with E-state index in [2.05, 4.69) is 22.5 Å². The third-order valence-corrected chi connectivity index (χ3v) is 1.87. The molecular weight excluding hydrogens is 124 g/mol. The zero-order valence-corrected chi connectivity index (χ0v) is 5.75. The van der Waals surface area contributed by atoms with E-state index in [4.69, 9.17) is 0 Å². The van der Waals surface area contributed by atoms with Crippen molar-refractivity contribution in [2.45, 2.75) is 12.8 Å². The molecule has 1 unspecified atom stereocenters. The molecule has 2 aliphatic rings. The predicted molar refractivity (Wildman–Crippen MR) is 41.6 cm³/mol. The molecule has 2 rings (SSSR count). The fraction of sp³-hybridized carbons (Fsp3) is 0.375. The molecule has 0 spiro atoms. The lowest BCUT2D eigenvalue weighted by Gasteiger charge is -2.04. The number of rotatable bonds is 0. The molecule has 0 aliphatic carbocycles. The van der Waals surface area contributed by atoms with E-state index in [9.17, 15) is 0 Å². The Morgan fingerprint density at radius 2 is 2.60 bits per heavy atom. The van der Waals surface area contributed by atoms with Crippen LogP contribution < -0.4 is 5.32 Å². The number of allylic oxidation sites excluding steroid dienone is 1. The van der Waals surface area contributed by atoms with Crippen LogP contribution in [0.5, 0.6) is 0 Å². The van der Waals surface area contributed by atoms with Crippen molar-refractivity contribution in [3.05, 3.63) is 24.6 Å². The van der Waals surface area contributed by atoms with Crippen molar-refractivity contribution in [1.82, 2.24) is 5.32 Å². The summed E-state index contributed by atoms with van der Waals surface area (Å²) in [7, 11) is 0. The van der Waals surface area contributed by atoms with Crippen LogP contribution in [0.1, 0.15) is 12.8 Å². The lowest BCUT2D eigenvalue weighted by molar-refractivity contribution is 0.767. The molecule has 2 aliphatic heterocycles. The molecule has 1 N–H and O–H groups in total. The summed E-state index contributed by atoms with van der Waals surface area (Å²) < 4.78 is 0. The van der Waals surface area contributed by atoms with E-state index in [1.165, 1.54) is 6.42 Å². The largest absolute Gasteiger partial charge is 0.350 e. The van der Waals surface area contributed by atoms with Crippen molar-refractivity contribution in [3.8, 4) is 0 Å². The summed E-state index contributed by atoms with van der Waals surface area (Å²) in [6, 6.07) is 0. The van der Waals surface area contributed by atoms with Crippen LogP contribution in [0.25, 0.3) is 0 Å². The lowest BCUT2D eigenvalue weighted by Crippen LogP contribution is -2.18. The first-order valence-electron chi connectivity index (χ1n) is 3.63. The van der Waals surface area contributed by atoms with Gasteiger partial charge in [-0.05, 0) is 19.0 Å². The zero-order chi connectivity index (χ0) is 6.81. The van der Waals surface area contributed by atoms with Gasteiger partial charge in [-0.2, -0.15) is 0 Å². The van der Waals surface area contributed by atoms with Gasteiger partial charge in [0.1, 0.15) is 5.84 Å². The molecule has 0 aromatic carbocycles. The fourth-order valence-corrected chi connectivity index (χ4v) is 1.30. The maximum absolute atomic E-state index is 4.25. The van der Waals surface area contributed by atoms with E-state index < -0.39 is 0 Å². The Bertz CT molecular complexity index is 213. The minimum absolute atomic E-state index is 0.551. The van der Waals surface area contributed by atoms with Crippen LogP contribution in [0.15, 0.2) is 29.5 Å². The van der Waals surface area contributed by atoms with E-state index in [1.54, 1.807) is 0 Å². The summed E-state index contributed by atoms with van der Waals surface area (Å²) in [5, 5.41) is 3.12. The highest BCUT2D eigenvalue weighted by atomic mass is 15.0. The Morgan fingerprint density at radius 3 is 3.60 bits per heavy atom. The molecule has 2 nitrogen and oxygen atoms in total. The van der Waals surface area contributed by atoms with E-state index in [1.807, 2.05) is 12.4 Å². The summed E-state index contributed by atoms with van der Waals surface area (Å²) in [5.41, 5.74) is 0. The van der Waals surface area contributed by atoms with Crippen LogP contribution in [0.4, 0.5) is 0 Å². The molecule has 2 heterocycles. The molecule has 0 aromatic rings. The molecule has 1 atom stereocenters. The van der Waals surface area contributed by atoms with Gasteiger partial charge >= 0.3 is 0 Å². The second kappa shape index (κ2) is 2.29. The molecule has 0 fully saturated rings. The van der Waals surface area contributed by atoms with Crippen LogP contribution >= 0.6 is 0 Å². The van der Waals surface area contributed by atoms with Crippen LogP contribution in [0, 0.1) is 5.92 Å². The second-order valence-electron chi connectivity index (χ2n) is 2.59. The Labute approximate surface area is 60.3 Å². The third-order valence-electron chi connectivity index (χ3n) is 1.87. The summed E-state index contributed by atoms with van der Waals surface area (Å²) in [5.74, 6) is 1.66. The minimum Gasteiger partial charge on any atom is -0.350 e. The van der Waals surface area contributed by atoms with Gasteiger partial charge in [0, 0.05) is 12.1 Å². The van der Waals surface area contributed by atoms with Gasteiger partial charge in [-0.3, -0.25) is 0 Å². The number of hydrogen-bond donors (Lipinski definition) is 1. The van der Waals surface area contributed by atoms with E-state index in [0.29, 0.717) is 5.92 Å². The highest BCUT2D eigenvalue weighted by Crippen LogP contribution is 2.16. The molecule has 2 heteroatoms. The van der Waals surface area contributed by atoms with Crippen molar-refractivity contribution in [2.24, 2.45) is 10.9 Å². The minimum atomic E-state index is 0.551. The first kappa shape index (κ1) is 5.71. The van der Waals surface area contributed by atoms with E-state index in [0.717, 1.165) is 12.3 Å². The SMILES string of the molecule is C1=CN=C2NC=CC2CC1. The average Bonchev–Trinajstić information content (AvgIpc) is 2.28. The van der Waals surface area contributed by atoms with Crippen LogP contribution in [-0.2, 0) is 0 Å². The lowest BCUT2D eigenvalue weighted by atomic mass is 10.1. The molecule has 0 radical (unpaired) electrons. The molecule has 0 bridgehead atoms. The average molecular weight is 134 g/mol. The smallest absolute Gasteiger partial charge is 0.112 e. The van der Waals surface area contributed by atoms with Crippen LogP contribution in [0.2, 0.25) is 0 Å². The molecule has 52 valence electrons. The Hall–Kier alpha value is -1.05. The number of hydrogen-bond acceptors (Lipinski definition) is 2. The van der Waals surface area contributed by atoms with Gasteiger partial charge in [-0.1, -0.05) is 12.2 Å². The highest BCUT2D eigenvalue weighted by molar-refractivity contribution is 5.89. The van der Waals surface area contributed by atoms with Gasteiger partial charge in [-0.25, -0.2) is 4.99 Å². The standard InChI is InChI=1S/C8H10N2/c1-2-5-9-8-7(3-1)4-6-10-8/h2,4-7H,1,3H2,(H,9,10). The molecule has 0 aromatic heterocycles. The molecular formula is C8H10N2. The van der Waals surface area contributed by atoms with Gasteiger partial charge in [-0.15, -0.1) is 0 Å². The van der Waals surface area contributed by atoms with Gasteiger partial charge < -0.3 is 5.32 Å². The van der Waals surface area contributed by atoms with Gasteiger partial charge in [0.2, 0.25) is 0 Å². The summed E-state index contributed by atoms with van der Waals surface area (Å²) in [4.78, 5) is 4.25. The van der Waals surface area contributed by atoms with Gasteiger partial charge in [0.25, 0.3) is 0 Å². The van der Waals surface area contributed by atoms with Crippen LogP contribution in [-0.4, -0.2) is 5.84 Å². The quantitative estimate of drug-likeness (QED) is 0.532. The molecule has 0 saturated heterocycles. The van der Waals surface area contributed by atoms with E-state index >= 15 is 0 Å². The number of fused-ring (bicyclic) bond motifs is 1. The number of aliphatic imine (C=N–C) groups is 1. The number of nitrogens with one attached hydrogen (secondary N) is 1. The normalized spacial score (nSPS) is 28.8. The van der Waals surface area contributed by atoms with Crippen molar-refractivity contribution >= 4 is 5.84 Å². The molecule has 0 saturated carbocycles. The Balaban J connectivity index is 2.23. The van der Waals surface area contributed by atoms with Gasteiger partial charge in [0.05, 0.1) is 0 Å². The summed E-state index contributed by atoms with van der Waals surface area (Å²) >= 11 is 0. The second-order valence-corrected chi connectivity index (χ2v) is 2.59. The maximum Gasteiger partial charge on any atom is 0.112 e. The van der Waals surface area contributed by atoms with Crippen molar-refractivity contribution in [1.29, 1.82) is 0 Å². The highest BCUT2D eigenvalue weighted by Gasteiger charge is 2.16. The first-order valence-corrected chi connectivity index (χ1v) is 3.63. The van der Waals surface area contributed by atoms with Crippen molar-refractivity contribution < 1.29 is 0 Å². The Morgan fingerprint density at radius 1 is 1.60 bits per heavy atom. The monoisotopic (exact) mass is 134 g/mol.